The van der Waals surface area contributed by atoms with Crippen LogP contribution in [0, 0.1) is 12.7 Å². The number of hydrogen-bond acceptors (Lipinski definition) is 2. The molecule has 0 saturated carbocycles. The van der Waals surface area contributed by atoms with Crippen molar-refractivity contribution in [2.75, 3.05) is 6.61 Å². The molecule has 0 aliphatic rings. The number of hydrogen-bond donors (Lipinski definition) is 1. The second-order valence-electron chi connectivity index (χ2n) is 2.51. The lowest BCUT2D eigenvalue weighted by atomic mass is 10.2. The van der Waals surface area contributed by atoms with Gasteiger partial charge in [0.25, 0.3) is 0 Å². The number of benzene rings is 1. The molecule has 0 aliphatic carbocycles. The molecule has 2 nitrogen and oxygen atoms in total. The SMILES string of the molecule is CCOc1cc(C)c(F)c(O)c1. The summed E-state index contributed by atoms with van der Waals surface area (Å²) < 4.78 is 17.9. The van der Waals surface area contributed by atoms with Crippen LogP contribution in [0.2, 0.25) is 0 Å². The summed E-state index contributed by atoms with van der Waals surface area (Å²) in [6.45, 7) is 3.91. The number of aromatic hydroxyl groups is 1. The van der Waals surface area contributed by atoms with Gasteiger partial charge in [0.2, 0.25) is 0 Å². The summed E-state index contributed by atoms with van der Waals surface area (Å²) in [7, 11) is 0. The van der Waals surface area contributed by atoms with Crippen LogP contribution in [0.5, 0.6) is 11.5 Å². The second kappa shape index (κ2) is 3.43. The van der Waals surface area contributed by atoms with Crippen molar-refractivity contribution in [3.05, 3.63) is 23.5 Å². The lowest BCUT2D eigenvalue weighted by Crippen LogP contribution is -1.93. The van der Waals surface area contributed by atoms with Crippen molar-refractivity contribution in [3.8, 4) is 11.5 Å². The lowest BCUT2D eigenvalue weighted by Gasteiger charge is -2.05. The van der Waals surface area contributed by atoms with Crippen LogP contribution in [0.25, 0.3) is 0 Å². The number of phenols is 1. The van der Waals surface area contributed by atoms with Crippen molar-refractivity contribution in [3.63, 3.8) is 0 Å². The quantitative estimate of drug-likeness (QED) is 0.737. The van der Waals surface area contributed by atoms with Gasteiger partial charge < -0.3 is 9.84 Å². The molecule has 66 valence electrons. The molecule has 0 saturated heterocycles. The van der Waals surface area contributed by atoms with Crippen molar-refractivity contribution in [2.24, 2.45) is 0 Å². The molecule has 0 aliphatic heterocycles. The van der Waals surface area contributed by atoms with Gasteiger partial charge in [-0.2, -0.15) is 0 Å². The average molecular weight is 170 g/mol. The largest absolute Gasteiger partial charge is 0.505 e. The highest BCUT2D eigenvalue weighted by Gasteiger charge is 2.06. The van der Waals surface area contributed by atoms with Crippen LogP contribution in [0.3, 0.4) is 0 Å². The molecule has 1 N–H and O–H groups in total. The molecule has 1 aromatic carbocycles. The first-order valence-corrected chi connectivity index (χ1v) is 3.77. The molecule has 0 fully saturated rings. The molecule has 0 unspecified atom stereocenters. The summed E-state index contributed by atoms with van der Waals surface area (Å²) in [5.74, 6) is -0.453. The fourth-order valence-corrected chi connectivity index (χ4v) is 0.969. The minimum atomic E-state index is -0.585. The second-order valence-corrected chi connectivity index (χ2v) is 2.51. The van der Waals surface area contributed by atoms with Crippen LogP contribution in [0.1, 0.15) is 12.5 Å². The highest BCUT2D eigenvalue weighted by Crippen LogP contribution is 2.25. The van der Waals surface area contributed by atoms with E-state index in [9.17, 15) is 4.39 Å². The maximum atomic E-state index is 12.8. The third kappa shape index (κ3) is 1.67. The van der Waals surface area contributed by atoms with Crippen LogP contribution in [-0.2, 0) is 0 Å². The predicted molar refractivity (Wildman–Crippen MR) is 44.0 cm³/mol. The van der Waals surface area contributed by atoms with Gasteiger partial charge in [-0.05, 0) is 25.5 Å². The minimum absolute atomic E-state index is 0.363. The van der Waals surface area contributed by atoms with Gasteiger partial charge in [0.1, 0.15) is 5.75 Å². The Morgan fingerprint density at radius 3 is 2.67 bits per heavy atom. The zero-order chi connectivity index (χ0) is 9.14. The lowest BCUT2D eigenvalue weighted by molar-refractivity contribution is 0.335. The summed E-state index contributed by atoms with van der Waals surface area (Å²) in [4.78, 5) is 0. The first kappa shape index (κ1) is 8.84. The monoisotopic (exact) mass is 170 g/mol. The number of phenolic OH excluding ortho intramolecular Hbond substituents is 1. The van der Waals surface area contributed by atoms with Crippen LogP contribution < -0.4 is 4.74 Å². The van der Waals surface area contributed by atoms with Gasteiger partial charge in [0, 0.05) is 6.07 Å². The third-order valence-electron chi connectivity index (χ3n) is 1.52. The van der Waals surface area contributed by atoms with E-state index >= 15 is 0 Å². The molecular formula is C9H11FO2. The normalized spacial score (nSPS) is 9.92. The number of ether oxygens (including phenoxy) is 1. The third-order valence-corrected chi connectivity index (χ3v) is 1.52. The van der Waals surface area contributed by atoms with Gasteiger partial charge in [-0.3, -0.25) is 0 Å². The highest BCUT2D eigenvalue weighted by atomic mass is 19.1. The van der Waals surface area contributed by atoms with E-state index in [4.69, 9.17) is 9.84 Å². The Bertz CT molecular complexity index is 261. The molecule has 0 aromatic heterocycles. The zero-order valence-electron chi connectivity index (χ0n) is 7.10. The molecule has 0 amide bonds. The summed E-state index contributed by atoms with van der Waals surface area (Å²) >= 11 is 0. The maximum absolute atomic E-state index is 12.8. The summed E-state index contributed by atoms with van der Waals surface area (Å²) in [6, 6.07) is 2.82. The Morgan fingerprint density at radius 2 is 2.17 bits per heavy atom. The Hall–Kier alpha value is -1.25. The Kier molecular flexibility index (Phi) is 2.53. The van der Waals surface area contributed by atoms with E-state index in [1.807, 2.05) is 6.92 Å². The molecular weight excluding hydrogens is 159 g/mol. The van der Waals surface area contributed by atoms with Crippen LogP contribution in [-0.4, -0.2) is 11.7 Å². The molecule has 3 heteroatoms. The van der Waals surface area contributed by atoms with Crippen molar-refractivity contribution in [2.45, 2.75) is 13.8 Å². The van der Waals surface area contributed by atoms with E-state index in [0.29, 0.717) is 17.9 Å². The first-order chi connectivity index (χ1) is 5.65. The summed E-state index contributed by atoms with van der Waals surface area (Å²) in [5.41, 5.74) is 0.387. The Morgan fingerprint density at radius 1 is 1.50 bits per heavy atom. The van der Waals surface area contributed by atoms with E-state index in [-0.39, 0.29) is 5.75 Å². The fourth-order valence-electron chi connectivity index (χ4n) is 0.969. The summed E-state index contributed by atoms with van der Waals surface area (Å²) in [6.07, 6.45) is 0. The number of rotatable bonds is 2. The first-order valence-electron chi connectivity index (χ1n) is 3.77. The van der Waals surface area contributed by atoms with Gasteiger partial charge in [0.05, 0.1) is 6.61 Å². The standard InChI is InChI=1S/C9H11FO2/c1-3-12-7-4-6(2)9(10)8(11)5-7/h4-5,11H,3H2,1-2H3. The van der Waals surface area contributed by atoms with Crippen molar-refractivity contribution in [1.29, 1.82) is 0 Å². The number of aryl methyl sites for hydroxylation is 1. The van der Waals surface area contributed by atoms with Crippen molar-refractivity contribution >= 4 is 0 Å². The van der Waals surface area contributed by atoms with Crippen LogP contribution in [0.4, 0.5) is 4.39 Å². The van der Waals surface area contributed by atoms with Crippen LogP contribution >= 0.6 is 0 Å². The topological polar surface area (TPSA) is 29.5 Å². The van der Waals surface area contributed by atoms with Gasteiger partial charge in [-0.1, -0.05) is 0 Å². The predicted octanol–water partition coefficient (Wildman–Crippen LogP) is 2.24. The molecule has 0 heterocycles. The molecule has 0 bridgehead atoms. The zero-order valence-corrected chi connectivity index (χ0v) is 7.10. The molecule has 0 atom stereocenters. The minimum Gasteiger partial charge on any atom is -0.505 e. The van der Waals surface area contributed by atoms with E-state index in [1.54, 1.807) is 13.0 Å². The molecule has 12 heavy (non-hydrogen) atoms. The van der Waals surface area contributed by atoms with E-state index in [0.717, 1.165) is 0 Å². The summed E-state index contributed by atoms with van der Waals surface area (Å²) in [5, 5.41) is 9.05. The van der Waals surface area contributed by atoms with Gasteiger partial charge in [-0.15, -0.1) is 0 Å². The van der Waals surface area contributed by atoms with Gasteiger partial charge in [0.15, 0.2) is 11.6 Å². The van der Waals surface area contributed by atoms with Crippen LogP contribution in [0.15, 0.2) is 12.1 Å². The molecule has 0 radical (unpaired) electrons. The van der Waals surface area contributed by atoms with E-state index < -0.39 is 5.82 Å². The van der Waals surface area contributed by atoms with E-state index in [2.05, 4.69) is 0 Å². The Labute approximate surface area is 70.6 Å². The van der Waals surface area contributed by atoms with Crippen molar-refractivity contribution in [1.82, 2.24) is 0 Å². The average Bonchev–Trinajstić information content (AvgIpc) is 2.01. The van der Waals surface area contributed by atoms with Crippen molar-refractivity contribution < 1.29 is 14.2 Å². The maximum Gasteiger partial charge on any atom is 0.167 e. The highest BCUT2D eigenvalue weighted by molar-refractivity contribution is 5.38. The van der Waals surface area contributed by atoms with Gasteiger partial charge >= 0.3 is 0 Å². The molecule has 1 aromatic rings. The molecule has 0 spiro atoms. The number of halogens is 1. The Balaban J connectivity index is 3.04. The van der Waals surface area contributed by atoms with Gasteiger partial charge in [-0.25, -0.2) is 4.39 Å². The molecule has 1 rings (SSSR count). The fraction of sp³-hybridized carbons (Fsp3) is 0.333. The van der Waals surface area contributed by atoms with E-state index in [1.165, 1.54) is 6.07 Å². The smallest absolute Gasteiger partial charge is 0.167 e.